The Hall–Kier alpha value is -1.38. The van der Waals surface area contributed by atoms with Crippen molar-refractivity contribution < 1.29 is 54.4 Å². The number of carbonyl (C=O) groups excluding carboxylic acids is 2. The molecule has 0 aromatic heterocycles. The number of carbonyl (C=O) groups is 2. The van der Waals surface area contributed by atoms with E-state index in [1.54, 1.807) is 20.8 Å². The standard InChI is InChI=1S/C37H59NO11/c1-8-19(4)30(41)47-25-12-13-32(5)23-14-22(39)28-35(32,49-37(23,25)46)15-21-20-17-38-16-18(3)10-11-24(38)34(7,44)26(20)27(40)29(36(21,28)45)48-31(42)33(6,43)9-2/h18-29,39-40,43-46H,8-17H2,1-7H3/t18-,19+,20+,21+,22-,23-,24+,25-,26-,27-,28+,29+,32+,33+,34-,35-,36+,37+/m1/s1. The van der Waals surface area contributed by atoms with Crippen LogP contribution in [-0.4, -0.2) is 119 Å². The average Bonchev–Trinajstić information content (AvgIpc) is 3.31. The van der Waals surface area contributed by atoms with Gasteiger partial charge in [-0.25, -0.2) is 4.79 Å². The summed E-state index contributed by atoms with van der Waals surface area (Å²) in [4.78, 5) is 28.9. The van der Waals surface area contributed by atoms with Crippen LogP contribution in [0.5, 0.6) is 0 Å². The lowest BCUT2D eigenvalue weighted by Crippen LogP contribution is -2.77. The Labute approximate surface area is 289 Å². The second kappa shape index (κ2) is 11.3. The molecule has 7 fully saturated rings. The molecule has 0 aromatic carbocycles. The number of nitrogens with zero attached hydrogens (tertiary/aromatic N) is 1. The molecule has 3 saturated heterocycles. The number of hydrogen-bond donors (Lipinski definition) is 6. The molecule has 0 aromatic rings. The summed E-state index contributed by atoms with van der Waals surface area (Å²) >= 11 is 0. The maximum absolute atomic E-state index is 13.6. The van der Waals surface area contributed by atoms with E-state index >= 15 is 0 Å². The lowest BCUT2D eigenvalue weighted by Gasteiger charge is -2.64. The minimum absolute atomic E-state index is 0.0259. The highest BCUT2D eigenvalue weighted by atomic mass is 16.7. The van der Waals surface area contributed by atoms with E-state index in [-0.39, 0.29) is 31.2 Å². The summed E-state index contributed by atoms with van der Waals surface area (Å²) in [5, 5.41) is 73.7. The van der Waals surface area contributed by atoms with Crippen molar-refractivity contribution in [3.8, 4) is 0 Å². The maximum Gasteiger partial charge on any atom is 0.338 e. The molecule has 278 valence electrons. The van der Waals surface area contributed by atoms with E-state index < -0.39 is 99.6 Å². The minimum atomic E-state index is -2.05. The summed E-state index contributed by atoms with van der Waals surface area (Å²) in [7, 11) is 0. The van der Waals surface area contributed by atoms with Crippen molar-refractivity contribution in [3.05, 3.63) is 0 Å². The molecular weight excluding hydrogens is 634 g/mol. The third-order valence-corrected chi connectivity index (χ3v) is 15.4. The first-order valence-corrected chi connectivity index (χ1v) is 18.9. The molecule has 0 unspecified atom stereocenters. The summed E-state index contributed by atoms with van der Waals surface area (Å²) < 4.78 is 18.9. The van der Waals surface area contributed by atoms with Gasteiger partial charge in [-0.15, -0.1) is 0 Å². The number of aliphatic hydroxyl groups is 6. The van der Waals surface area contributed by atoms with Crippen molar-refractivity contribution in [3.63, 3.8) is 0 Å². The van der Waals surface area contributed by atoms with Crippen LogP contribution in [0.4, 0.5) is 0 Å². The Morgan fingerprint density at radius 2 is 1.76 bits per heavy atom. The molecule has 0 amide bonds. The zero-order valence-corrected chi connectivity index (χ0v) is 30.2. The van der Waals surface area contributed by atoms with Gasteiger partial charge >= 0.3 is 11.9 Å². The number of ether oxygens (including phenoxy) is 3. The van der Waals surface area contributed by atoms with Crippen LogP contribution in [0.15, 0.2) is 0 Å². The van der Waals surface area contributed by atoms with Crippen molar-refractivity contribution in [2.75, 3.05) is 13.1 Å². The molecule has 3 aliphatic heterocycles. The van der Waals surface area contributed by atoms with Gasteiger partial charge in [0, 0.05) is 42.3 Å². The number of aliphatic hydroxyl groups excluding tert-OH is 2. The van der Waals surface area contributed by atoms with Gasteiger partial charge in [0.15, 0.2) is 17.8 Å². The van der Waals surface area contributed by atoms with Gasteiger partial charge in [-0.2, -0.15) is 0 Å². The fraction of sp³-hybridized carbons (Fsp3) is 0.946. The highest BCUT2D eigenvalue weighted by Crippen LogP contribution is 2.77. The average molecular weight is 694 g/mol. The lowest BCUT2D eigenvalue weighted by atomic mass is 9.49. The Bertz CT molecular complexity index is 1360. The Balaban J connectivity index is 1.36. The normalized spacial score (nSPS) is 54.8. The molecule has 7 rings (SSSR count). The van der Waals surface area contributed by atoms with Gasteiger partial charge in [-0.1, -0.05) is 34.6 Å². The van der Waals surface area contributed by atoms with Crippen LogP contribution in [0.1, 0.15) is 99.8 Å². The van der Waals surface area contributed by atoms with Gasteiger partial charge in [0.05, 0.1) is 29.3 Å². The molecule has 4 saturated carbocycles. The van der Waals surface area contributed by atoms with Gasteiger partial charge in [-0.05, 0) is 83.0 Å². The molecule has 3 heterocycles. The van der Waals surface area contributed by atoms with E-state index in [1.807, 2.05) is 13.8 Å². The van der Waals surface area contributed by atoms with E-state index in [0.717, 1.165) is 19.4 Å². The molecule has 4 bridgehead atoms. The van der Waals surface area contributed by atoms with Crippen LogP contribution >= 0.6 is 0 Å². The molecule has 0 radical (unpaired) electrons. The predicted octanol–water partition coefficient (Wildman–Crippen LogP) is 1.49. The highest BCUT2D eigenvalue weighted by Gasteiger charge is 2.87. The van der Waals surface area contributed by atoms with Crippen LogP contribution in [0.3, 0.4) is 0 Å². The topological polar surface area (TPSA) is 186 Å². The van der Waals surface area contributed by atoms with E-state index in [4.69, 9.17) is 14.2 Å². The van der Waals surface area contributed by atoms with Crippen molar-refractivity contribution in [1.82, 2.24) is 4.90 Å². The number of fused-ring (bicyclic) bond motifs is 5. The summed E-state index contributed by atoms with van der Waals surface area (Å²) in [6, 6.07) is -0.251. The fourth-order valence-electron chi connectivity index (χ4n) is 12.5. The van der Waals surface area contributed by atoms with E-state index in [0.29, 0.717) is 31.7 Å². The molecule has 7 aliphatic rings. The monoisotopic (exact) mass is 693 g/mol. The third-order valence-electron chi connectivity index (χ3n) is 15.4. The lowest BCUT2D eigenvalue weighted by molar-refractivity contribution is -0.301. The van der Waals surface area contributed by atoms with Crippen LogP contribution in [0.2, 0.25) is 0 Å². The van der Waals surface area contributed by atoms with Gasteiger partial charge in [-0.3, -0.25) is 9.69 Å². The van der Waals surface area contributed by atoms with Crippen LogP contribution < -0.4 is 0 Å². The number of esters is 2. The molecule has 4 aliphatic carbocycles. The molecule has 12 nitrogen and oxygen atoms in total. The van der Waals surface area contributed by atoms with Crippen molar-refractivity contribution in [2.24, 2.45) is 46.8 Å². The molecular formula is C37H59NO11. The zero-order chi connectivity index (χ0) is 35.9. The number of rotatable bonds is 6. The first-order chi connectivity index (χ1) is 22.7. The molecule has 1 spiro atoms. The first-order valence-electron chi connectivity index (χ1n) is 18.9. The molecule has 12 heteroatoms. The fourth-order valence-corrected chi connectivity index (χ4v) is 12.5. The largest absolute Gasteiger partial charge is 0.456 e. The van der Waals surface area contributed by atoms with Gasteiger partial charge < -0.3 is 44.8 Å². The summed E-state index contributed by atoms with van der Waals surface area (Å²) in [5.41, 5.74) is -7.49. The minimum Gasteiger partial charge on any atom is -0.456 e. The van der Waals surface area contributed by atoms with Gasteiger partial charge in [0.25, 0.3) is 0 Å². The molecule has 49 heavy (non-hydrogen) atoms. The number of hydrogen-bond acceptors (Lipinski definition) is 12. The predicted molar refractivity (Wildman–Crippen MR) is 174 cm³/mol. The highest BCUT2D eigenvalue weighted by molar-refractivity contribution is 5.79. The molecule has 18 atom stereocenters. The summed E-state index contributed by atoms with van der Waals surface area (Å²) in [6.07, 6.45) is -2.08. The first kappa shape index (κ1) is 36.0. The van der Waals surface area contributed by atoms with Gasteiger partial charge in [0.1, 0.15) is 5.60 Å². The summed E-state index contributed by atoms with van der Waals surface area (Å²) in [6.45, 7) is 13.8. The quantitative estimate of drug-likeness (QED) is 0.221. The SMILES string of the molecule is CC[C@H](C)C(=O)O[C@@H]1CC[C@@]2(C)[C@H]3C[C@@H](O)[C@@H]4[C@@]5(O)[C@@H](C[C@@]42O[C@]13O)[C@@H]1CN2C[C@H](C)CC[C@H]2[C@@](C)(O)[C@H]1[C@@H](O)[C@@H]5OC(=O)[C@@](C)(O)CC. The Morgan fingerprint density at radius 1 is 1.06 bits per heavy atom. The Morgan fingerprint density at radius 3 is 2.41 bits per heavy atom. The van der Waals surface area contributed by atoms with E-state index in [9.17, 15) is 40.2 Å². The van der Waals surface area contributed by atoms with Crippen molar-refractivity contribution in [2.45, 2.75) is 158 Å². The summed E-state index contributed by atoms with van der Waals surface area (Å²) in [5.74, 6) is -7.09. The second-order valence-electron chi connectivity index (χ2n) is 18.0. The second-order valence-corrected chi connectivity index (χ2v) is 18.0. The van der Waals surface area contributed by atoms with Crippen molar-refractivity contribution >= 4 is 11.9 Å². The molecule has 6 N–H and O–H groups in total. The van der Waals surface area contributed by atoms with Crippen LogP contribution in [0, 0.1) is 46.8 Å². The van der Waals surface area contributed by atoms with E-state index in [2.05, 4.69) is 11.8 Å². The van der Waals surface area contributed by atoms with Crippen molar-refractivity contribution in [1.29, 1.82) is 0 Å². The van der Waals surface area contributed by atoms with Gasteiger partial charge in [0.2, 0.25) is 5.79 Å². The Kier molecular flexibility index (Phi) is 8.31. The third kappa shape index (κ3) is 4.56. The van der Waals surface area contributed by atoms with E-state index in [1.165, 1.54) is 6.92 Å². The van der Waals surface area contributed by atoms with Crippen LogP contribution in [-0.2, 0) is 23.8 Å². The number of piperidine rings is 2. The zero-order valence-electron chi connectivity index (χ0n) is 30.2. The maximum atomic E-state index is 13.6. The van der Waals surface area contributed by atoms with Crippen LogP contribution in [0.25, 0.3) is 0 Å². The smallest absolute Gasteiger partial charge is 0.338 e.